The summed E-state index contributed by atoms with van der Waals surface area (Å²) < 4.78 is 12.6. The van der Waals surface area contributed by atoms with Crippen molar-refractivity contribution in [2.75, 3.05) is 0 Å². The summed E-state index contributed by atoms with van der Waals surface area (Å²) in [6.07, 6.45) is 0.517. The number of benzene rings is 2. The second-order valence-corrected chi connectivity index (χ2v) is 6.84. The number of aryl methyl sites for hydroxylation is 4. The highest BCUT2D eigenvalue weighted by molar-refractivity contribution is 6.10. The van der Waals surface area contributed by atoms with Crippen LogP contribution in [0.25, 0.3) is 27.6 Å². The summed E-state index contributed by atoms with van der Waals surface area (Å²) in [5, 5.41) is 2.53. The Morgan fingerprint density at radius 1 is 0.875 bits per heavy atom. The van der Waals surface area contributed by atoms with E-state index >= 15 is 0 Å². The Kier molecular flexibility index (Phi) is 2.99. The van der Waals surface area contributed by atoms with Gasteiger partial charge < -0.3 is 0 Å². The van der Waals surface area contributed by atoms with E-state index in [1.54, 1.807) is 0 Å². The second-order valence-electron chi connectivity index (χ2n) is 6.84. The van der Waals surface area contributed by atoms with Gasteiger partial charge in [0.1, 0.15) is 12.4 Å². The highest BCUT2D eigenvalue weighted by Crippen LogP contribution is 2.34. The maximum absolute atomic E-state index is 8.31. The fourth-order valence-corrected chi connectivity index (χ4v) is 3.54. The van der Waals surface area contributed by atoms with E-state index in [4.69, 9.17) is 1.37 Å². The fraction of sp³-hybridized carbons (Fsp3) is 0.227. The van der Waals surface area contributed by atoms with Crippen LogP contribution in [0, 0.1) is 27.7 Å². The first-order valence-electron chi connectivity index (χ1n) is 8.87. The summed E-state index contributed by atoms with van der Waals surface area (Å²) in [5.74, 6) is 1.03. The summed E-state index contributed by atoms with van der Waals surface area (Å²) >= 11 is 0. The van der Waals surface area contributed by atoms with E-state index in [-0.39, 0.29) is 0 Å². The van der Waals surface area contributed by atoms with Crippen molar-refractivity contribution in [3.63, 3.8) is 0 Å². The van der Waals surface area contributed by atoms with Crippen LogP contribution in [0.3, 0.4) is 0 Å². The lowest BCUT2D eigenvalue weighted by molar-refractivity contribution is -0.665. The van der Waals surface area contributed by atoms with E-state index in [9.17, 15) is 0 Å². The number of rotatable bonds is 1. The van der Waals surface area contributed by atoms with Crippen molar-refractivity contribution in [2.24, 2.45) is 7.05 Å². The van der Waals surface area contributed by atoms with Crippen LogP contribution in [0.5, 0.6) is 0 Å². The lowest BCUT2D eigenvalue weighted by atomic mass is 10.0. The van der Waals surface area contributed by atoms with Crippen molar-refractivity contribution in [1.82, 2.24) is 4.57 Å². The van der Waals surface area contributed by atoms with Crippen LogP contribution in [0.4, 0.5) is 0 Å². The Balaban J connectivity index is 2.29. The Bertz CT molecular complexity index is 1150. The van der Waals surface area contributed by atoms with Gasteiger partial charge in [-0.05, 0) is 74.2 Å². The summed E-state index contributed by atoms with van der Waals surface area (Å²) in [6, 6.07) is 15.1. The van der Waals surface area contributed by atoms with Gasteiger partial charge in [-0.2, -0.15) is 4.57 Å². The van der Waals surface area contributed by atoms with Gasteiger partial charge >= 0.3 is 0 Å². The maximum atomic E-state index is 8.31. The molecule has 0 aliphatic rings. The molecule has 2 heterocycles. The lowest BCUT2D eigenvalue weighted by Crippen LogP contribution is -2.33. The molecule has 0 aliphatic heterocycles. The molecule has 0 saturated carbocycles. The molecule has 0 N–H and O–H groups in total. The van der Waals surface area contributed by atoms with E-state index < -0.39 is 0 Å². The van der Waals surface area contributed by atoms with Gasteiger partial charge in [0.2, 0.25) is 0 Å². The van der Waals surface area contributed by atoms with E-state index in [0.717, 1.165) is 11.4 Å². The van der Waals surface area contributed by atoms with Crippen LogP contribution in [0.2, 0.25) is 0 Å². The van der Waals surface area contributed by atoms with Gasteiger partial charge in [0, 0.05) is 16.8 Å². The van der Waals surface area contributed by atoms with Crippen molar-refractivity contribution >= 4 is 21.8 Å². The molecule has 4 rings (SSSR count). The Morgan fingerprint density at radius 3 is 2.38 bits per heavy atom. The van der Waals surface area contributed by atoms with Crippen LogP contribution in [0.15, 0.2) is 48.6 Å². The number of hydrogen-bond donors (Lipinski definition) is 0. The largest absolute Gasteiger partial charge is 0.286 e. The summed E-state index contributed by atoms with van der Waals surface area (Å²) in [6.45, 7) is 8.54. The smallest absolute Gasteiger partial charge is 0.237 e. The van der Waals surface area contributed by atoms with Gasteiger partial charge in [0.15, 0.2) is 0 Å². The molecular formula is C22H23N2+. The standard InChI is InChI=1S/C22H23N2/c1-14-6-8-18-19-9-7-16(3)17(4)22(19)24(20(18)12-14)21-13-15(2)10-11-23(21)5/h6-13H,1-5H3/q+1/i11D. The Labute approximate surface area is 144 Å². The molecule has 0 unspecified atom stereocenters. The molecule has 0 saturated heterocycles. The molecule has 2 aromatic carbocycles. The van der Waals surface area contributed by atoms with Gasteiger partial charge in [0.05, 0.1) is 13.2 Å². The molecule has 4 aromatic rings. The molecule has 0 amide bonds. The maximum Gasteiger partial charge on any atom is 0.286 e. The van der Waals surface area contributed by atoms with Gasteiger partial charge in [-0.25, -0.2) is 4.57 Å². The molecule has 0 atom stereocenters. The molecule has 2 nitrogen and oxygen atoms in total. The number of pyridine rings is 1. The molecule has 0 bridgehead atoms. The summed E-state index contributed by atoms with van der Waals surface area (Å²) in [4.78, 5) is 0. The quantitative estimate of drug-likeness (QED) is 0.444. The molecule has 0 fully saturated rings. The van der Waals surface area contributed by atoms with Crippen molar-refractivity contribution < 1.29 is 5.94 Å². The minimum atomic E-state index is 0.517. The first-order chi connectivity index (χ1) is 11.9. The van der Waals surface area contributed by atoms with Gasteiger partial charge in [0.25, 0.3) is 5.82 Å². The normalized spacial score (nSPS) is 12.1. The van der Waals surface area contributed by atoms with Crippen molar-refractivity contribution in [3.8, 4) is 5.82 Å². The van der Waals surface area contributed by atoms with E-state index in [2.05, 4.69) is 68.7 Å². The zero-order valence-electron chi connectivity index (χ0n) is 15.9. The van der Waals surface area contributed by atoms with Gasteiger partial charge in [-0.15, -0.1) is 0 Å². The Hall–Kier alpha value is -2.61. The first kappa shape index (κ1) is 13.8. The SMILES string of the molecule is [2H]c1cc(C)cc(-n2c3cc(C)ccc3c3ccc(C)c(C)c32)[n+]1C. The molecule has 2 heteroatoms. The van der Waals surface area contributed by atoms with E-state index in [0.29, 0.717) is 6.17 Å². The van der Waals surface area contributed by atoms with Crippen LogP contribution in [0.1, 0.15) is 23.6 Å². The van der Waals surface area contributed by atoms with Gasteiger partial charge in [-0.3, -0.25) is 0 Å². The van der Waals surface area contributed by atoms with Crippen LogP contribution in [-0.4, -0.2) is 4.57 Å². The first-order valence-corrected chi connectivity index (χ1v) is 8.37. The molecule has 24 heavy (non-hydrogen) atoms. The second kappa shape index (κ2) is 5.20. The number of nitrogens with zero attached hydrogens (tertiary/aromatic N) is 2. The van der Waals surface area contributed by atoms with Gasteiger partial charge in [-0.1, -0.05) is 12.1 Å². The molecule has 120 valence electrons. The third-order valence-electron chi connectivity index (χ3n) is 5.03. The highest BCUT2D eigenvalue weighted by atomic mass is 15.1. The minimum absolute atomic E-state index is 0.517. The highest BCUT2D eigenvalue weighted by Gasteiger charge is 2.23. The third-order valence-corrected chi connectivity index (χ3v) is 5.03. The number of hydrogen-bond acceptors (Lipinski definition) is 0. The van der Waals surface area contributed by atoms with Crippen LogP contribution in [-0.2, 0) is 7.05 Å². The third kappa shape index (κ3) is 2.06. The average molecular weight is 316 g/mol. The zero-order chi connectivity index (χ0) is 17.9. The predicted octanol–water partition coefficient (Wildman–Crippen LogP) is 4.84. The molecule has 0 aliphatic carbocycles. The predicted molar refractivity (Wildman–Crippen MR) is 101 cm³/mol. The van der Waals surface area contributed by atoms with Crippen LogP contribution < -0.4 is 4.57 Å². The monoisotopic (exact) mass is 316 g/mol. The lowest BCUT2D eigenvalue weighted by Gasteiger charge is -2.07. The molecule has 0 spiro atoms. The van der Waals surface area contributed by atoms with Crippen LogP contribution >= 0.6 is 0 Å². The van der Waals surface area contributed by atoms with E-state index in [1.165, 1.54) is 38.5 Å². The van der Waals surface area contributed by atoms with Crippen molar-refractivity contribution in [3.05, 3.63) is 70.9 Å². The summed E-state index contributed by atoms with van der Waals surface area (Å²) in [7, 11) is 1.97. The molecule has 0 radical (unpaired) electrons. The zero-order valence-corrected chi connectivity index (χ0v) is 14.9. The van der Waals surface area contributed by atoms with E-state index in [1.807, 2.05) is 17.7 Å². The van der Waals surface area contributed by atoms with Crippen molar-refractivity contribution in [1.29, 1.82) is 0 Å². The molecular weight excluding hydrogens is 292 g/mol. The summed E-state index contributed by atoms with van der Waals surface area (Å²) in [5.41, 5.74) is 7.36. The molecule has 2 aromatic heterocycles. The average Bonchev–Trinajstić information content (AvgIpc) is 2.88. The number of aromatic nitrogens is 2. The fourth-order valence-electron chi connectivity index (χ4n) is 3.54. The topological polar surface area (TPSA) is 8.81 Å². The Morgan fingerprint density at radius 2 is 1.58 bits per heavy atom. The minimum Gasteiger partial charge on any atom is -0.237 e. The van der Waals surface area contributed by atoms with Crippen molar-refractivity contribution in [2.45, 2.75) is 27.7 Å². The number of fused-ring (bicyclic) bond motifs is 3.